The van der Waals surface area contributed by atoms with E-state index in [0.29, 0.717) is 9.23 Å². The molecule has 8 nitrogen and oxygen atoms in total. The van der Waals surface area contributed by atoms with Crippen LogP contribution in [0.5, 0.6) is 0 Å². The summed E-state index contributed by atoms with van der Waals surface area (Å²) in [7, 11) is 1.61. The second-order valence-corrected chi connectivity index (χ2v) is 8.24. The van der Waals surface area contributed by atoms with Gasteiger partial charge < -0.3 is 25.6 Å². The fourth-order valence-corrected chi connectivity index (χ4v) is 5.24. The largest absolute Gasteiger partial charge is 1.00 e. The number of hydrogen-bond donors (Lipinski definition) is 2. The monoisotopic (exact) mass is 413 g/mol. The van der Waals surface area contributed by atoms with Gasteiger partial charge in [0.2, 0.25) is 11.8 Å². The number of fused-ring (bicyclic) bond motifs is 1. The van der Waals surface area contributed by atoms with Gasteiger partial charge in [-0.15, -0.1) is 11.8 Å². The van der Waals surface area contributed by atoms with Crippen molar-refractivity contribution in [1.82, 2.24) is 9.80 Å². The second kappa shape index (κ2) is 9.07. The van der Waals surface area contributed by atoms with E-state index in [9.17, 15) is 24.6 Å². The van der Waals surface area contributed by atoms with Gasteiger partial charge >= 0.3 is 29.6 Å². The number of thioether (sulfide) groups is 2. The van der Waals surface area contributed by atoms with Crippen LogP contribution in [0.1, 0.15) is 6.92 Å². The number of hydrogen-bond acceptors (Lipinski definition) is 8. The molecule has 2 heterocycles. The first kappa shape index (κ1) is 22.7. The number of nitrogens with zero attached hydrogens (tertiary/aromatic N) is 2. The van der Waals surface area contributed by atoms with Crippen LogP contribution in [0.25, 0.3) is 0 Å². The summed E-state index contributed by atoms with van der Waals surface area (Å²) in [6.07, 6.45) is -0.857. The number of carbonyl (C=O) groups excluding carboxylic acids is 3. The third-order valence-corrected chi connectivity index (χ3v) is 6.80. The second-order valence-electron chi connectivity index (χ2n) is 5.42. The summed E-state index contributed by atoms with van der Waals surface area (Å²) >= 11 is 7.55. The topological polar surface area (TPSA) is 127 Å². The Bertz CT molecular complexity index is 642. The van der Waals surface area contributed by atoms with E-state index < -0.39 is 35.2 Å². The van der Waals surface area contributed by atoms with E-state index in [1.807, 2.05) is 0 Å². The first-order valence-electron chi connectivity index (χ1n) is 6.93. The number of rotatable bonds is 6. The minimum Gasteiger partial charge on any atom is -0.543 e. The van der Waals surface area contributed by atoms with Crippen molar-refractivity contribution in [3.8, 4) is 0 Å². The Hall–Kier alpha value is -0.300. The molecule has 3 atom stereocenters. The molecule has 1 fully saturated rings. The Balaban J connectivity index is 0.00000312. The normalized spacial score (nSPS) is 22.7. The van der Waals surface area contributed by atoms with Gasteiger partial charge in [-0.25, -0.2) is 0 Å². The number of aliphatic hydroxyl groups excluding tert-OH is 1. The number of thiocarbonyl (C=S) groups is 1. The molecule has 0 aromatic rings. The zero-order valence-electron chi connectivity index (χ0n) is 13.9. The van der Waals surface area contributed by atoms with Gasteiger partial charge in [0.05, 0.1) is 30.2 Å². The number of aliphatic carboxylic acids is 1. The van der Waals surface area contributed by atoms with Gasteiger partial charge in [-0.1, -0.05) is 24.0 Å². The molecule has 0 bridgehead atoms. The third kappa shape index (κ3) is 4.71. The van der Waals surface area contributed by atoms with E-state index in [0.717, 1.165) is 4.90 Å². The van der Waals surface area contributed by atoms with Crippen LogP contribution in [0.15, 0.2) is 10.6 Å². The van der Waals surface area contributed by atoms with Crippen LogP contribution in [0, 0.1) is 5.92 Å². The fourth-order valence-electron chi connectivity index (χ4n) is 2.48. The molecule has 12 heteroatoms. The average Bonchev–Trinajstić information content (AvgIpc) is 2.78. The van der Waals surface area contributed by atoms with E-state index in [4.69, 9.17) is 18.0 Å². The average molecular weight is 413 g/mol. The van der Waals surface area contributed by atoms with Crippen molar-refractivity contribution in [3.63, 3.8) is 0 Å². The maximum absolute atomic E-state index is 12.0. The van der Waals surface area contributed by atoms with Gasteiger partial charge in [-0.3, -0.25) is 14.5 Å². The van der Waals surface area contributed by atoms with Crippen molar-refractivity contribution in [1.29, 1.82) is 0 Å². The van der Waals surface area contributed by atoms with Gasteiger partial charge in [0.1, 0.15) is 9.69 Å². The van der Waals surface area contributed by atoms with Crippen LogP contribution < -0.4 is 40.4 Å². The van der Waals surface area contributed by atoms with Crippen molar-refractivity contribution in [2.24, 2.45) is 11.7 Å². The quantitative estimate of drug-likeness (QED) is 0.251. The van der Waals surface area contributed by atoms with Crippen LogP contribution in [-0.2, 0) is 14.4 Å². The van der Waals surface area contributed by atoms with Crippen LogP contribution in [0.3, 0.4) is 0 Å². The fraction of sp³-hybridized carbons (Fsp3) is 0.538. The minimum absolute atomic E-state index is 0. The van der Waals surface area contributed by atoms with E-state index in [2.05, 4.69) is 0 Å². The van der Waals surface area contributed by atoms with Crippen molar-refractivity contribution in [2.45, 2.75) is 18.4 Å². The molecular weight excluding hydrogens is 397 g/mol. The molecule has 0 unspecified atom stereocenters. The number of likely N-dealkylation sites (N-methyl/N-ethyl adjacent to an activating group) is 1. The number of carbonyl (C=O) groups is 3. The summed E-state index contributed by atoms with van der Waals surface area (Å²) in [5.74, 6) is -2.79. The van der Waals surface area contributed by atoms with Gasteiger partial charge in [0.15, 0.2) is 0 Å². The van der Waals surface area contributed by atoms with Crippen LogP contribution in [-0.4, -0.2) is 67.8 Å². The molecule has 2 aliphatic heterocycles. The smallest absolute Gasteiger partial charge is 0.543 e. The number of aliphatic hydroxyl groups is 1. The Kier molecular flexibility index (Phi) is 8.25. The molecule has 132 valence electrons. The van der Waals surface area contributed by atoms with Crippen LogP contribution >= 0.6 is 35.7 Å². The maximum atomic E-state index is 12.0. The number of amides is 2. The van der Waals surface area contributed by atoms with E-state index in [1.165, 1.54) is 35.3 Å². The van der Waals surface area contributed by atoms with Crippen LogP contribution in [0.4, 0.5) is 0 Å². The van der Waals surface area contributed by atoms with Crippen molar-refractivity contribution >= 4 is 57.8 Å². The molecular formula is C13H16N3NaO5S3. The Morgan fingerprint density at radius 2 is 2.16 bits per heavy atom. The van der Waals surface area contributed by atoms with E-state index in [-0.39, 0.29) is 47.6 Å². The summed E-state index contributed by atoms with van der Waals surface area (Å²) in [6, 6.07) is 0. The molecule has 2 amide bonds. The standard InChI is InChI=1S/C13H17N3O5S3.Na/c1-5(17)8-10(19)16-9(12(20)21)6(24-11(8)16)4-23-13(22)15(2)3-7(14)18;/h5,8,11,17H,3-4H2,1-2H3,(H2,14,18)(H,20,21);/q;+1/p-1/t5-,8+,11-;/m1./s1. The predicted molar refractivity (Wildman–Crippen MR) is 92.3 cm³/mol. The van der Waals surface area contributed by atoms with E-state index in [1.54, 1.807) is 7.05 Å². The molecule has 0 aromatic heterocycles. The molecule has 0 radical (unpaired) electrons. The summed E-state index contributed by atoms with van der Waals surface area (Å²) in [6.45, 7) is 1.46. The maximum Gasteiger partial charge on any atom is 1.00 e. The predicted octanol–water partition coefficient (Wildman–Crippen LogP) is -4.70. The van der Waals surface area contributed by atoms with Gasteiger partial charge in [0, 0.05) is 17.7 Å². The first-order chi connectivity index (χ1) is 11.1. The zero-order valence-corrected chi connectivity index (χ0v) is 18.4. The first-order valence-corrected chi connectivity index (χ1v) is 9.21. The Morgan fingerprint density at radius 1 is 1.56 bits per heavy atom. The van der Waals surface area contributed by atoms with Gasteiger partial charge in [-0.05, 0) is 6.92 Å². The van der Waals surface area contributed by atoms with Crippen molar-refractivity contribution < 1.29 is 54.2 Å². The molecule has 0 aliphatic carbocycles. The molecule has 3 N–H and O–H groups in total. The molecule has 0 saturated carbocycles. The van der Waals surface area contributed by atoms with E-state index >= 15 is 0 Å². The molecule has 0 aromatic carbocycles. The SMILES string of the molecule is C[C@@H](O)[C@H]1C(=O)N2C(C(=O)[O-])=C(CSC(=S)N(C)CC(N)=O)S[C@H]12.[Na+]. The number of carboxylic acids is 1. The Morgan fingerprint density at radius 3 is 2.64 bits per heavy atom. The minimum atomic E-state index is -1.44. The molecule has 2 rings (SSSR count). The van der Waals surface area contributed by atoms with Gasteiger partial charge in [-0.2, -0.15) is 0 Å². The number of nitrogens with two attached hydrogens (primary N) is 1. The number of carboxylic acid groups (broad SMARTS) is 1. The molecule has 1 saturated heterocycles. The van der Waals surface area contributed by atoms with Crippen LogP contribution in [0.2, 0.25) is 0 Å². The molecule has 0 spiro atoms. The summed E-state index contributed by atoms with van der Waals surface area (Å²) in [5.41, 5.74) is 4.93. The zero-order chi connectivity index (χ0) is 18.2. The molecule has 25 heavy (non-hydrogen) atoms. The van der Waals surface area contributed by atoms with Crippen molar-refractivity contribution in [2.75, 3.05) is 19.3 Å². The summed E-state index contributed by atoms with van der Waals surface area (Å²) in [4.78, 5) is 37.4. The summed E-state index contributed by atoms with van der Waals surface area (Å²) in [5, 5.41) is 20.6. The summed E-state index contributed by atoms with van der Waals surface area (Å²) < 4.78 is 0.382. The number of β-lactam (4-membered cyclic amide) rings is 1. The number of primary amides is 1. The third-order valence-electron chi connectivity index (χ3n) is 3.60. The van der Waals surface area contributed by atoms with Crippen molar-refractivity contribution in [3.05, 3.63) is 10.6 Å². The Labute approximate surface area is 180 Å². The molecule has 2 aliphatic rings. The van der Waals surface area contributed by atoms with Gasteiger partial charge in [0.25, 0.3) is 0 Å².